The Labute approximate surface area is 170 Å². The van der Waals surface area contributed by atoms with Crippen molar-refractivity contribution in [2.45, 2.75) is 45.6 Å². The summed E-state index contributed by atoms with van der Waals surface area (Å²) in [6.45, 7) is 14.4. The lowest BCUT2D eigenvalue weighted by Gasteiger charge is -2.51. The summed E-state index contributed by atoms with van der Waals surface area (Å²) in [5, 5.41) is 0. The monoisotopic (exact) mass is 387 g/mol. The zero-order chi connectivity index (χ0) is 20.0. The molecule has 5 heteroatoms. The summed E-state index contributed by atoms with van der Waals surface area (Å²) in [5.41, 5.74) is 1.03. The molecule has 0 aromatic heterocycles. The zero-order valence-corrected chi connectivity index (χ0v) is 17.9. The molecule has 0 bridgehead atoms. The molecule has 3 rings (SSSR count). The normalized spacial score (nSPS) is 21.0. The smallest absolute Gasteiger partial charge is 0.226 e. The number of carbonyl (C=O) groups is 1. The number of amides is 1. The van der Waals surface area contributed by atoms with E-state index in [1.165, 1.54) is 6.54 Å². The van der Waals surface area contributed by atoms with Gasteiger partial charge in [-0.15, -0.1) is 0 Å². The van der Waals surface area contributed by atoms with Gasteiger partial charge in [0.2, 0.25) is 5.91 Å². The highest BCUT2D eigenvalue weighted by Gasteiger charge is 2.42. The van der Waals surface area contributed by atoms with Crippen LogP contribution < -0.4 is 4.90 Å². The maximum absolute atomic E-state index is 12.9. The van der Waals surface area contributed by atoms with Gasteiger partial charge in [-0.2, -0.15) is 0 Å². The minimum atomic E-state index is 0.0167. The van der Waals surface area contributed by atoms with Crippen LogP contribution in [0.3, 0.4) is 0 Å². The number of para-hydroxylation sites is 1. The van der Waals surface area contributed by atoms with Gasteiger partial charge in [-0.3, -0.25) is 9.69 Å². The molecule has 0 N–H and O–H groups in total. The first-order valence-corrected chi connectivity index (χ1v) is 10.9. The summed E-state index contributed by atoms with van der Waals surface area (Å²) < 4.78 is 5.72. The molecule has 1 amide bonds. The SMILES string of the molecule is CCC(=O)N(CC1(N2CCN(CC(C)C)CC2)CCOCC1)c1ccccc1. The van der Waals surface area contributed by atoms with E-state index in [-0.39, 0.29) is 11.4 Å². The van der Waals surface area contributed by atoms with Crippen molar-refractivity contribution in [1.29, 1.82) is 0 Å². The second-order valence-corrected chi connectivity index (χ2v) is 8.69. The predicted molar refractivity (Wildman–Crippen MR) is 115 cm³/mol. The molecule has 2 aliphatic rings. The molecule has 5 nitrogen and oxygen atoms in total. The van der Waals surface area contributed by atoms with Crippen LogP contribution in [0.1, 0.15) is 40.0 Å². The van der Waals surface area contributed by atoms with Gasteiger partial charge in [0.05, 0.1) is 0 Å². The second kappa shape index (κ2) is 9.86. The van der Waals surface area contributed by atoms with Crippen molar-refractivity contribution in [3.63, 3.8) is 0 Å². The molecule has 1 aromatic carbocycles. The molecule has 1 aromatic rings. The van der Waals surface area contributed by atoms with E-state index in [0.29, 0.717) is 12.3 Å². The molecule has 0 atom stereocenters. The number of piperazine rings is 1. The number of rotatable bonds is 7. The van der Waals surface area contributed by atoms with E-state index in [1.807, 2.05) is 30.0 Å². The highest BCUT2D eigenvalue weighted by atomic mass is 16.5. The average Bonchev–Trinajstić information content (AvgIpc) is 2.73. The predicted octanol–water partition coefficient (Wildman–Crippen LogP) is 3.25. The molecule has 2 fully saturated rings. The maximum Gasteiger partial charge on any atom is 0.226 e. The molecule has 156 valence electrons. The second-order valence-electron chi connectivity index (χ2n) is 8.69. The summed E-state index contributed by atoms with van der Waals surface area (Å²) >= 11 is 0. The average molecular weight is 388 g/mol. The summed E-state index contributed by atoms with van der Waals surface area (Å²) in [5.74, 6) is 0.912. The summed E-state index contributed by atoms with van der Waals surface area (Å²) in [6.07, 6.45) is 2.53. The van der Waals surface area contributed by atoms with E-state index in [4.69, 9.17) is 4.74 Å². The van der Waals surface area contributed by atoms with E-state index < -0.39 is 0 Å². The number of hydrogen-bond donors (Lipinski definition) is 0. The Balaban J connectivity index is 1.78. The standard InChI is InChI=1S/C23H37N3O2/c1-4-22(27)26(21-8-6-5-7-9-21)19-23(10-16-28-17-11-23)25-14-12-24(13-15-25)18-20(2)3/h5-9,20H,4,10-19H2,1-3H3. The minimum Gasteiger partial charge on any atom is -0.381 e. The number of hydrogen-bond acceptors (Lipinski definition) is 4. The van der Waals surface area contributed by atoms with Crippen molar-refractivity contribution < 1.29 is 9.53 Å². The number of ether oxygens (including phenoxy) is 1. The summed E-state index contributed by atoms with van der Waals surface area (Å²) in [7, 11) is 0. The van der Waals surface area contributed by atoms with E-state index >= 15 is 0 Å². The lowest BCUT2D eigenvalue weighted by atomic mass is 9.86. The number of nitrogens with zero attached hydrogens (tertiary/aromatic N) is 3. The van der Waals surface area contributed by atoms with Crippen molar-refractivity contribution in [3.8, 4) is 0 Å². The summed E-state index contributed by atoms with van der Waals surface area (Å²) in [4.78, 5) is 20.1. The van der Waals surface area contributed by atoms with Crippen LogP contribution in [0.15, 0.2) is 30.3 Å². The third-order valence-corrected chi connectivity index (χ3v) is 6.21. The van der Waals surface area contributed by atoms with E-state index in [1.54, 1.807) is 0 Å². The van der Waals surface area contributed by atoms with Crippen LogP contribution in [0.5, 0.6) is 0 Å². The van der Waals surface area contributed by atoms with E-state index in [2.05, 4.69) is 35.8 Å². The molecular weight excluding hydrogens is 350 g/mol. The first kappa shape index (κ1) is 21.3. The fourth-order valence-corrected chi connectivity index (χ4v) is 4.66. The molecule has 0 radical (unpaired) electrons. The van der Waals surface area contributed by atoms with Gasteiger partial charge < -0.3 is 14.5 Å². The van der Waals surface area contributed by atoms with Gasteiger partial charge in [-0.1, -0.05) is 39.0 Å². The highest BCUT2D eigenvalue weighted by Crippen LogP contribution is 2.32. The van der Waals surface area contributed by atoms with Gasteiger partial charge in [0, 0.05) is 70.1 Å². The van der Waals surface area contributed by atoms with Gasteiger partial charge in [-0.05, 0) is 30.9 Å². The first-order valence-electron chi connectivity index (χ1n) is 10.9. The molecule has 2 aliphatic heterocycles. The van der Waals surface area contributed by atoms with Gasteiger partial charge in [0.1, 0.15) is 0 Å². The van der Waals surface area contributed by atoms with Gasteiger partial charge in [-0.25, -0.2) is 0 Å². The molecule has 0 spiro atoms. The third kappa shape index (κ3) is 5.13. The highest BCUT2D eigenvalue weighted by molar-refractivity contribution is 5.93. The Kier molecular flexibility index (Phi) is 7.49. The molecular formula is C23H37N3O2. The molecule has 0 aliphatic carbocycles. The van der Waals surface area contributed by atoms with Gasteiger partial charge in [0.15, 0.2) is 0 Å². The van der Waals surface area contributed by atoms with Crippen molar-refractivity contribution in [2.75, 3.05) is 57.4 Å². The van der Waals surface area contributed by atoms with Crippen molar-refractivity contribution in [1.82, 2.24) is 9.80 Å². The fourth-order valence-electron chi connectivity index (χ4n) is 4.66. The number of carbonyl (C=O) groups excluding carboxylic acids is 1. The Hall–Kier alpha value is -1.43. The lowest BCUT2D eigenvalue weighted by molar-refractivity contribution is -0.119. The quantitative estimate of drug-likeness (QED) is 0.720. The molecule has 0 unspecified atom stereocenters. The number of anilines is 1. The molecule has 28 heavy (non-hydrogen) atoms. The molecule has 2 heterocycles. The van der Waals surface area contributed by atoms with E-state index in [0.717, 1.165) is 64.5 Å². The Morgan fingerprint density at radius 2 is 1.75 bits per heavy atom. The van der Waals surface area contributed by atoms with Crippen molar-refractivity contribution in [2.24, 2.45) is 5.92 Å². The third-order valence-electron chi connectivity index (χ3n) is 6.21. The topological polar surface area (TPSA) is 36.0 Å². The van der Waals surface area contributed by atoms with E-state index in [9.17, 15) is 4.79 Å². The van der Waals surface area contributed by atoms with Crippen molar-refractivity contribution in [3.05, 3.63) is 30.3 Å². The fraction of sp³-hybridized carbons (Fsp3) is 0.696. The van der Waals surface area contributed by atoms with Crippen LogP contribution in [0, 0.1) is 5.92 Å². The Morgan fingerprint density at radius 3 is 2.32 bits per heavy atom. The van der Waals surface area contributed by atoms with Crippen LogP contribution in [-0.4, -0.2) is 73.7 Å². The van der Waals surface area contributed by atoms with Crippen LogP contribution in [0.4, 0.5) is 5.69 Å². The van der Waals surface area contributed by atoms with Crippen LogP contribution in [0.2, 0.25) is 0 Å². The van der Waals surface area contributed by atoms with Gasteiger partial charge >= 0.3 is 0 Å². The van der Waals surface area contributed by atoms with Crippen LogP contribution in [0.25, 0.3) is 0 Å². The minimum absolute atomic E-state index is 0.0167. The van der Waals surface area contributed by atoms with Crippen LogP contribution >= 0.6 is 0 Å². The van der Waals surface area contributed by atoms with Crippen molar-refractivity contribution >= 4 is 11.6 Å². The molecule has 2 saturated heterocycles. The maximum atomic E-state index is 12.9. The number of benzene rings is 1. The largest absolute Gasteiger partial charge is 0.381 e. The van der Waals surface area contributed by atoms with Gasteiger partial charge in [0.25, 0.3) is 0 Å². The Bertz CT molecular complexity index is 606. The zero-order valence-electron chi connectivity index (χ0n) is 17.9. The van der Waals surface area contributed by atoms with Crippen LogP contribution in [-0.2, 0) is 9.53 Å². The molecule has 0 saturated carbocycles. The first-order chi connectivity index (χ1) is 13.5. The summed E-state index contributed by atoms with van der Waals surface area (Å²) in [6, 6.07) is 10.2. The Morgan fingerprint density at radius 1 is 1.11 bits per heavy atom. The lowest BCUT2D eigenvalue weighted by Crippen LogP contribution is -2.63.